The normalized spacial score (nSPS) is 24.3. The summed E-state index contributed by atoms with van der Waals surface area (Å²) in [6.07, 6.45) is 0.822. The molecule has 0 aromatic rings. The molecular formula is C12H20F2N2O2. The molecular weight excluding hydrogens is 242 g/mol. The molecule has 1 N–H and O–H groups in total. The van der Waals surface area contributed by atoms with Crippen LogP contribution >= 0.6 is 0 Å². The van der Waals surface area contributed by atoms with Gasteiger partial charge in [-0.05, 0) is 12.8 Å². The number of rotatable bonds is 2. The van der Waals surface area contributed by atoms with Crippen molar-refractivity contribution in [3.8, 4) is 0 Å². The lowest BCUT2D eigenvalue weighted by Crippen LogP contribution is -2.58. The average Bonchev–Trinajstić information content (AvgIpc) is 2.40. The number of nitrogens with zero attached hydrogens (tertiary/aromatic N) is 1. The van der Waals surface area contributed by atoms with E-state index < -0.39 is 18.3 Å². The minimum Gasteiger partial charge on any atom is -0.372 e. The van der Waals surface area contributed by atoms with Gasteiger partial charge in [0, 0.05) is 32.6 Å². The number of amides is 1. The molecule has 18 heavy (non-hydrogen) atoms. The topological polar surface area (TPSA) is 41.6 Å². The standard InChI is InChI=1S/C12H20F2N2O2/c1-2-12(13,14)10(17)16-6-3-11(4-7-16)9-15-5-8-18-11/h15H,2-9H2,1H3. The van der Waals surface area contributed by atoms with Crippen molar-refractivity contribution in [1.29, 1.82) is 0 Å². The quantitative estimate of drug-likeness (QED) is 0.807. The minimum absolute atomic E-state index is 0.253. The number of morpholine rings is 1. The highest BCUT2D eigenvalue weighted by Crippen LogP contribution is 2.30. The van der Waals surface area contributed by atoms with Crippen LogP contribution in [0.5, 0.6) is 0 Å². The summed E-state index contributed by atoms with van der Waals surface area (Å²) in [5.74, 6) is -4.26. The Hall–Kier alpha value is -0.750. The summed E-state index contributed by atoms with van der Waals surface area (Å²) < 4.78 is 32.4. The maximum absolute atomic E-state index is 13.3. The molecule has 0 aliphatic carbocycles. The molecule has 1 amide bonds. The van der Waals surface area contributed by atoms with Crippen molar-refractivity contribution < 1.29 is 18.3 Å². The van der Waals surface area contributed by atoms with Gasteiger partial charge in [0.2, 0.25) is 0 Å². The molecule has 2 rings (SSSR count). The van der Waals surface area contributed by atoms with Crippen LogP contribution in [0.15, 0.2) is 0 Å². The second-order valence-electron chi connectivity index (χ2n) is 5.06. The molecule has 0 aromatic heterocycles. The number of carbonyl (C=O) groups is 1. The predicted octanol–water partition coefficient (Wildman–Crippen LogP) is 1.01. The van der Waals surface area contributed by atoms with Crippen molar-refractivity contribution in [3.63, 3.8) is 0 Å². The zero-order valence-corrected chi connectivity index (χ0v) is 10.7. The number of likely N-dealkylation sites (tertiary alicyclic amines) is 1. The second kappa shape index (κ2) is 5.09. The molecule has 0 atom stereocenters. The summed E-state index contributed by atoms with van der Waals surface area (Å²) in [5.41, 5.74) is -0.253. The molecule has 2 aliphatic rings. The molecule has 0 bridgehead atoms. The van der Waals surface area contributed by atoms with E-state index in [1.54, 1.807) is 0 Å². The van der Waals surface area contributed by atoms with Gasteiger partial charge in [-0.2, -0.15) is 8.78 Å². The highest BCUT2D eigenvalue weighted by atomic mass is 19.3. The Bertz CT molecular complexity index is 307. The lowest BCUT2D eigenvalue weighted by Gasteiger charge is -2.44. The van der Waals surface area contributed by atoms with E-state index in [4.69, 9.17) is 4.74 Å². The van der Waals surface area contributed by atoms with Crippen LogP contribution in [-0.4, -0.2) is 55.1 Å². The molecule has 2 fully saturated rings. The highest BCUT2D eigenvalue weighted by molar-refractivity contribution is 5.83. The Morgan fingerprint density at radius 1 is 1.44 bits per heavy atom. The zero-order valence-electron chi connectivity index (χ0n) is 10.7. The summed E-state index contributed by atoms with van der Waals surface area (Å²) >= 11 is 0. The van der Waals surface area contributed by atoms with Gasteiger partial charge < -0.3 is 15.0 Å². The van der Waals surface area contributed by atoms with E-state index in [9.17, 15) is 13.6 Å². The first-order valence-electron chi connectivity index (χ1n) is 6.51. The first-order valence-corrected chi connectivity index (χ1v) is 6.51. The number of nitrogens with one attached hydrogen (secondary N) is 1. The molecule has 2 heterocycles. The van der Waals surface area contributed by atoms with E-state index >= 15 is 0 Å². The van der Waals surface area contributed by atoms with E-state index in [1.807, 2.05) is 0 Å². The van der Waals surface area contributed by atoms with Gasteiger partial charge in [0.25, 0.3) is 5.91 Å². The molecule has 6 heteroatoms. The van der Waals surface area contributed by atoms with E-state index in [2.05, 4.69) is 5.32 Å². The van der Waals surface area contributed by atoms with Crippen LogP contribution in [0.2, 0.25) is 0 Å². The molecule has 1 spiro atoms. The van der Waals surface area contributed by atoms with Crippen LogP contribution in [0, 0.1) is 0 Å². The predicted molar refractivity (Wildman–Crippen MR) is 62.6 cm³/mol. The second-order valence-corrected chi connectivity index (χ2v) is 5.06. The third kappa shape index (κ3) is 2.64. The summed E-state index contributed by atoms with van der Waals surface area (Å²) in [5, 5.41) is 3.25. The Kier molecular flexibility index (Phi) is 3.87. The Balaban J connectivity index is 1.92. The zero-order chi connectivity index (χ0) is 13.2. The molecule has 104 valence electrons. The number of alkyl halides is 2. The first-order chi connectivity index (χ1) is 8.49. The van der Waals surface area contributed by atoms with Crippen molar-refractivity contribution in [3.05, 3.63) is 0 Å². The van der Waals surface area contributed by atoms with Gasteiger partial charge >= 0.3 is 5.92 Å². The number of hydrogen-bond acceptors (Lipinski definition) is 3. The van der Waals surface area contributed by atoms with Crippen LogP contribution in [-0.2, 0) is 9.53 Å². The van der Waals surface area contributed by atoms with Crippen LogP contribution < -0.4 is 5.32 Å². The number of halogens is 2. The van der Waals surface area contributed by atoms with Crippen LogP contribution in [0.1, 0.15) is 26.2 Å². The first kappa shape index (κ1) is 13.7. The summed E-state index contributed by atoms with van der Waals surface area (Å²) in [6.45, 7) is 4.28. The minimum atomic E-state index is -3.23. The number of hydrogen-bond donors (Lipinski definition) is 1. The van der Waals surface area contributed by atoms with Gasteiger partial charge in [-0.1, -0.05) is 6.92 Å². The molecule has 0 radical (unpaired) electrons. The largest absolute Gasteiger partial charge is 0.372 e. The highest BCUT2D eigenvalue weighted by Gasteiger charge is 2.44. The molecule has 4 nitrogen and oxygen atoms in total. The van der Waals surface area contributed by atoms with Crippen molar-refractivity contribution in [2.75, 3.05) is 32.8 Å². The Morgan fingerprint density at radius 3 is 2.61 bits per heavy atom. The van der Waals surface area contributed by atoms with Crippen molar-refractivity contribution >= 4 is 5.91 Å². The molecule has 0 unspecified atom stereocenters. The fourth-order valence-electron chi connectivity index (χ4n) is 2.53. The number of ether oxygens (including phenoxy) is 1. The Labute approximate surface area is 106 Å². The molecule has 2 aliphatic heterocycles. The lowest BCUT2D eigenvalue weighted by atomic mass is 9.89. The number of carbonyl (C=O) groups excluding carboxylic acids is 1. The smallest absolute Gasteiger partial charge is 0.324 e. The van der Waals surface area contributed by atoms with Crippen LogP contribution in [0.3, 0.4) is 0 Å². The van der Waals surface area contributed by atoms with Crippen molar-refractivity contribution in [2.45, 2.75) is 37.7 Å². The average molecular weight is 262 g/mol. The van der Waals surface area contributed by atoms with Crippen molar-refractivity contribution in [1.82, 2.24) is 10.2 Å². The molecule has 2 saturated heterocycles. The summed E-state index contributed by atoms with van der Waals surface area (Å²) in [4.78, 5) is 12.9. The van der Waals surface area contributed by atoms with Gasteiger partial charge in [0.05, 0.1) is 12.2 Å². The van der Waals surface area contributed by atoms with Crippen molar-refractivity contribution in [2.24, 2.45) is 0 Å². The van der Waals surface area contributed by atoms with E-state index in [0.29, 0.717) is 32.5 Å². The van der Waals surface area contributed by atoms with E-state index in [0.717, 1.165) is 13.1 Å². The molecule has 0 saturated carbocycles. The van der Waals surface area contributed by atoms with Gasteiger partial charge in [-0.3, -0.25) is 4.79 Å². The van der Waals surface area contributed by atoms with E-state index in [1.165, 1.54) is 11.8 Å². The Morgan fingerprint density at radius 2 is 2.11 bits per heavy atom. The van der Waals surface area contributed by atoms with Gasteiger partial charge in [0.15, 0.2) is 0 Å². The van der Waals surface area contributed by atoms with E-state index in [-0.39, 0.29) is 5.60 Å². The maximum Gasteiger partial charge on any atom is 0.324 e. The third-order valence-electron chi connectivity index (χ3n) is 3.85. The summed E-state index contributed by atoms with van der Waals surface area (Å²) in [6, 6.07) is 0. The third-order valence-corrected chi connectivity index (χ3v) is 3.85. The fraction of sp³-hybridized carbons (Fsp3) is 0.917. The fourth-order valence-corrected chi connectivity index (χ4v) is 2.53. The van der Waals surface area contributed by atoms with Gasteiger partial charge in [-0.25, -0.2) is 0 Å². The monoisotopic (exact) mass is 262 g/mol. The summed E-state index contributed by atoms with van der Waals surface area (Å²) in [7, 11) is 0. The van der Waals surface area contributed by atoms with Crippen LogP contribution in [0.25, 0.3) is 0 Å². The van der Waals surface area contributed by atoms with Gasteiger partial charge in [-0.15, -0.1) is 0 Å². The van der Waals surface area contributed by atoms with Crippen LogP contribution in [0.4, 0.5) is 8.78 Å². The SMILES string of the molecule is CCC(F)(F)C(=O)N1CCC2(CC1)CNCCO2. The maximum atomic E-state index is 13.3. The van der Waals surface area contributed by atoms with Gasteiger partial charge in [0.1, 0.15) is 0 Å². The molecule has 0 aromatic carbocycles. The lowest BCUT2D eigenvalue weighted by molar-refractivity contribution is -0.164. The number of piperidine rings is 1.